The van der Waals surface area contributed by atoms with E-state index in [1.165, 1.54) is 12.1 Å². The van der Waals surface area contributed by atoms with Gasteiger partial charge in [-0.2, -0.15) is 5.26 Å². The summed E-state index contributed by atoms with van der Waals surface area (Å²) in [7, 11) is 0. The number of fused-ring (bicyclic) bond motifs is 1. The Morgan fingerprint density at radius 3 is 2.61 bits per heavy atom. The highest BCUT2D eigenvalue weighted by Gasteiger charge is 2.13. The van der Waals surface area contributed by atoms with Crippen molar-refractivity contribution >= 4 is 38.6 Å². The second-order valence-corrected chi connectivity index (χ2v) is 8.30. The van der Waals surface area contributed by atoms with Gasteiger partial charge in [0.1, 0.15) is 24.3 Å². The number of aromatic amines is 1. The minimum atomic E-state index is -0.291. The van der Waals surface area contributed by atoms with Gasteiger partial charge in [-0.05, 0) is 73.0 Å². The van der Waals surface area contributed by atoms with E-state index >= 15 is 0 Å². The molecule has 0 amide bonds. The van der Waals surface area contributed by atoms with E-state index in [2.05, 4.69) is 32.0 Å². The van der Waals surface area contributed by atoms with Gasteiger partial charge in [-0.15, -0.1) is 0 Å². The van der Waals surface area contributed by atoms with Crippen LogP contribution in [0.5, 0.6) is 11.5 Å². The fourth-order valence-electron chi connectivity index (χ4n) is 3.34. The van der Waals surface area contributed by atoms with Crippen molar-refractivity contribution in [2.45, 2.75) is 20.5 Å². The van der Waals surface area contributed by atoms with Crippen LogP contribution in [-0.4, -0.2) is 16.6 Å². The summed E-state index contributed by atoms with van der Waals surface area (Å²) in [5.74, 6) is 1.30. The summed E-state index contributed by atoms with van der Waals surface area (Å²) in [6.07, 6.45) is 1.75. The van der Waals surface area contributed by atoms with Gasteiger partial charge in [-0.1, -0.05) is 34.1 Å². The Bertz CT molecular complexity index is 1370. The van der Waals surface area contributed by atoms with Crippen molar-refractivity contribution in [2.75, 3.05) is 6.61 Å². The van der Waals surface area contributed by atoms with Gasteiger partial charge in [0.05, 0.1) is 23.2 Å². The normalized spacial score (nSPS) is 11.4. The van der Waals surface area contributed by atoms with E-state index < -0.39 is 0 Å². The number of nitriles is 1. The van der Waals surface area contributed by atoms with Crippen LogP contribution in [0.4, 0.5) is 4.39 Å². The Morgan fingerprint density at radius 2 is 1.88 bits per heavy atom. The zero-order chi connectivity index (χ0) is 23.4. The number of rotatable bonds is 7. The number of H-pyrrole nitrogens is 1. The molecular weight excluding hydrogens is 485 g/mol. The van der Waals surface area contributed by atoms with Crippen LogP contribution >= 0.6 is 15.9 Å². The smallest absolute Gasteiger partial charge is 0.162 e. The van der Waals surface area contributed by atoms with E-state index in [-0.39, 0.29) is 12.4 Å². The third-order valence-electron chi connectivity index (χ3n) is 4.98. The molecule has 33 heavy (non-hydrogen) atoms. The predicted molar refractivity (Wildman–Crippen MR) is 130 cm³/mol. The Balaban J connectivity index is 1.65. The predicted octanol–water partition coefficient (Wildman–Crippen LogP) is 6.81. The van der Waals surface area contributed by atoms with Gasteiger partial charge in [0.25, 0.3) is 0 Å². The SMILES string of the molecule is CCOc1cc(/C=C(/C#N)c2nc3ccc(C)cc3[nH]2)c(Br)cc1OCc1ccc(F)cc1. The van der Waals surface area contributed by atoms with Crippen LogP contribution in [0.1, 0.15) is 29.4 Å². The molecule has 0 unspecified atom stereocenters. The molecule has 1 heterocycles. The van der Waals surface area contributed by atoms with Crippen LogP contribution in [0.25, 0.3) is 22.7 Å². The molecule has 3 aromatic carbocycles. The fourth-order valence-corrected chi connectivity index (χ4v) is 3.78. The van der Waals surface area contributed by atoms with Crippen LogP contribution in [0.3, 0.4) is 0 Å². The topological polar surface area (TPSA) is 70.9 Å². The Kier molecular flexibility index (Phi) is 6.76. The van der Waals surface area contributed by atoms with Gasteiger partial charge >= 0.3 is 0 Å². The fraction of sp³-hybridized carbons (Fsp3) is 0.154. The van der Waals surface area contributed by atoms with E-state index in [0.29, 0.717) is 29.5 Å². The Hall–Kier alpha value is -3.63. The standard InChI is InChI=1S/C26H21BrFN3O2/c1-3-32-24-12-18(21(27)13-25(24)33-15-17-5-7-20(28)8-6-17)11-19(14-29)26-30-22-9-4-16(2)10-23(22)31-26/h4-13H,3,15H2,1-2H3,(H,30,31)/b19-11-. The molecule has 7 heteroatoms. The number of hydrogen-bond donors (Lipinski definition) is 1. The number of halogens is 2. The van der Waals surface area contributed by atoms with Crippen LogP contribution in [0.2, 0.25) is 0 Å². The minimum Gasteiger partial charge on any atom is -0.490 e. The molecule has 4 aromatic rings. The van der Waals surface area contributed by atoms with Crippen molar-refractivity contribution in [3.63, 3.8) is 0 Å². The van der Waals surface area contributed by atoms with E-state index in [0.717, 1.165) is 32.2 Å². The molecule has 0 aliphatic carbocycles. The molecule has 0 fully saturated rings. The number of aromatic nitrogens is 2. The molecule has 0 spiro atoms. The number of imidazole rings is 1. The second-order valence-electron chi connectivity index (χ2n) is 7.44. The zero-order valence-corrected chi connectivity index (χ0v) is 19.7. The number of nitrogens with zero attached hydrogens (tertiary/aromatic N) is 2. The first-order chi connectivity index (χ1) is 16.0. The van der Waals surface area contributed by atoms with E-state index in [1.807, 2.05) is 38.1 Å². The lowest BCUT2D eigenvalue weighted by Gasteiger charge is -2.14. The largest absolute Gasteiger partial charge is 0.490 e. The first-order valence-electron chi connectivity index (χ1n) is 10.4. The highest BCUT2D eigenvalue weighted by molar-refractivity contribution is 9.10. The van der Waals surface area contributed by atoms with Crippen molar-refractivity contribution in [3.8, 4) is 17.6 Å². The van der Waals surface area contributed by atoms with Gasteiger partial charge in [0.15, 0.2) is 11.5 Å². The summed E-state index contributed by atoms with van der Waals surface area (Å²) in [4.78, 5) is 7.77. The maximum absolute atomic E-state index is 13.1. The van der Waals surface area contributed by atoms with Crippen LogP contribution in [0, 0.1) is 24.1 Å². The second kappa shape index (κ2) is 9.88. The summed E-state index contributed by atoms with van der Waals surface area (Å²) in [6, 6.07) is 17.9. The van der Waals surface area contributed by atoms with Crippen molar-refractivity contribution in [1.82, 2.24) is 9.97 Å². The quantitative estimate of drug-likeness (QED) is 0.280. The molecule has 0 saturated heterocycles. The Labute approximate surface area is 199 Å². The molecule has 1 N–H and O–H groups in total. The number of aryl methyl sites for hydroxylation is 1. The van der Waals surface area contributed by atoms with Gasteiger partial charge in [-0.3, -0.25) is 0 Å². The third kappa shape index (κ3) is 5.24. The number of benzene rings is 3. The summed E-state index contributed by atoms with van der Waals surface area (Å²) >= 11 is 3.57. The zero-order valence-electron chi connectivity index (χ0n) is 18.2. The van der Waals surface area contributed by atoms with Gasteiger partial charge in [-0.25, -0.2) is 9.37 Å². The van der Waals surface area contributed by atoms with Gasteiger partial charge < -0.3 is 14.5 Å². The number of allylic oxidation sites excluding steroid dienone is 1. The van der Waals surface area contributed by atoms with Gasteiger partial charge in [0.2, 0.25) is 0 Å². The average molecular weight is 506 g/mol. The first kappa shape index (κ1) is 22.6. The molecule has 4 rings (SSSR count). The lowest BCUT2D eigenvalue weighted by molar-refractivity contribution is 0.269. The van der Waals surface area contributed by atoms with Crippen LogP contribution < -0.4 is 9.47 Å². The molecule has 166 valence electrons. The monoisotopic (exact) mass is 505 g/mol. The molecule has 0 aliphatic heterocycles. The van der Waals surface area contributed by atoms with E-state index in [4.69, 9.17) is 9.47 Å². The maximum atomic E-state index is 13.1. The van der Waals surface area contributed by atoms with Crippen LogP contribution in [-0.2, 0) is 6.61 Å². The lowest BCUT2D eigenvalue weighted by atomic mass is 10.1. The summed E-state index contributed by atoms with van der Waals surface area (Å²) in [6.45, 7) is 4.61. The van der Waals surface area contributed by atoms with Crippen LogP contribution in [0.15, 0.2) is 59.1 Å². The van der Waals surface area contributed by atoms with Crippen molar-refractivity contribution in [3.05, 3.63) is 87.4 Å². The first-order valence-corrected chi connectivity index (χ1v) is 11.2. The molecule has 0 atom stereocenters. The van der Waals surface area contributed by atoms with Crippen molar-refractivity contribution < 1.29 is 13.9 Å². The summed E-state index contributed by atoms with van der Waals surface area (Å²) < 4.78 is 25.6. The lowest BCUT2D eigenvalue weighted by Crippen LogP contribution is -2.00. The Morgan fingerprint density at radius 1 is 1.12 bits per heavy atom. The van der Waals surface area contributed by atoms with E-state index in [9.17, 15) is 9.65 Å². The summed E-state index contributed by atoms with van der Waals surface area (Å²) in [5.41, 5.74) is 4.78. The van der Waals surface area contributed by atoms with Crippen molar-refractivity contribution in [2.24, 2.45) is 0 Å². The minimum absolute atomic E-state index is 0.268. The maximum Gasteiger partial charge on any atom is 0.162 e. The highest BCUT2D eigenvalue weighted by atomic mass is 79.9. The summed E-state index contributed by atoms with van der Waals surface area (Å²) in [5, 5.41) is 9.79. The van der Waals surface area contributed by atoms with Gasteiger partial charge in [0, 0.05) is 4.47 Å². The molecule has 0 bridgehead atoms. The molecule has 0 saturated carbocycles. The number of ether oxygens (including phenoxy) is 2. The number of hydrogen-bond acceptors (Lipinski definition) is 4. The molecular formula is C26H21BrFN3O2. The molecule has 5 nitrogen and oxygen atoms in total. The highest BCUT2D eigenvalue weighted by Crippen LogP contribution is 2.36. The average Bonchev–Trinajstić information content (AvgIpc) is 3.22. The van der Waals surface area contributed by atoms with E-state index in [1.54, 1.807) is 24.3 Å². The molecule has 0 aliphatic rings. The molecule has 0 radical (unpaired) electrons. The van der Waals surface area contributed by atoms with Crippen molar-refractivity contribution in [1.29, 1.82) is 5.26 Å². The number of nitrogens with one attached hydrogen (secondary N) is 1. The molecule has 1 aromatic heterocycles. The third-order valence-corrected chi connectivity index (χ3v) is 5.67.